The molecule has 0 aromatic heterocycles. The number of carbonyl (C=O) groups excluding carboxylic acids is 1. The SMILES string of the molecule is CCCC(C#N)(CCC)C(=O)NC(C1CC1)C1CC1. The van der Waals surface area contributed by atoms with Crippen molar-refractivity contribution in [1.82, 2.24) is 5.32 Å². The molecule has 2 aliphatic carbocycles. The molecule has 0 unspecified atom stereocenters. The summed E-state index contributed by atoms with van der Waals surface area (Å²) >= 11 is 0. The Balaban J connectivity index is 2.03. The highest BCUT2D eigenvalue weighted by Gasteiger charge is 2.45. The minimum Gasteiger partial charge on any atom is -0.351 e. The van der Waals surface area contributed by atoms with Crippen LogP contribution in [0.1, 0.15) is 65.2 Å². The van der Waals surface area contributed by atoms with Crippen molar-refractivity contribution < 1.29 is 4.79 Å². The Bertz CT molecular complexity index is 345. The van der Waals surface area contributed by atoms with Crippen LogP contribution < -0.4 is 5.32 Å². The zero-order chi connectivity index (χ0) is 13.9. The second-order valence-corrected chi connectivity index (χ2v) is 6.37. The fourth-order valence-corrected chi connectivity index (χ4v) is 3.19. The van der Waals surface area contributed by atoms with Crippen LogP contribution in [0, 0.1) is 28.6 Å². The van der Waals surface area contributed by atoms with Gasteiger partial charge in [-0.1, -0.05) is 26.7 Å². The van der Waals surface area contributed by atoms with Crippen LogP contribution in [0.15, 0.2) is 0 Å². The molecule has 0 aromatic rings. The van der Waals surface area contributed by atoms with Crippen molar-refractivity contribution in [3.8, 4) is 6.07 Å². The van der Waals surface area contributed by atoms with Gasteiger partial charge in [-0.05, 0) is 50.4 Å². The summed E-state index contributed by atoms with van der Waals surface area (Å²) in [6.45, 7) is 4.10. The van der Waals surface area contributed by atoms with Gasteiger partial charge in [-0.2, -0.15) is 5.26 Å². The van der Waals surface area contributed by atoms with Gasteiger partial charge in [0, 0.05) is 6.04 Å². The third-order valence-electron chi connectivity index (χ3n) is 4.56. The van der Waals surface area contributed by atoms with Crippen molar-refractivity contribution in [2.75, 3.05) is 0 Å². The van der Waals surface area contributed by atoms with Crippen LogP contribution in [0.3, 0.4) is 0 Å². The Morgan fingerprint density at radius 3 is 2.00 bits per heavy atom. The Labute approximate surface area is 116 Å². The zero-order valence-corrected chi connectivity index (χ0v) is 12.2. The molecule has 0 saturated heterocycles. The topological polar surface area (TPSA) is 52.9 Å². The summed E-state index contributed by atoms with van der Waals surface area (Å²) < 4.78 is 0. The van der Waals surface area contributed by atoms with E-state index in [4.69, 9.17) is 0 Å². The molecule has 3 nitrogen and oxygen atoms in total. The van der Waals surface area contributed by atoms with E-state index < -0.39 is 5.41 Å². The summed E-state index contributed by atoms with van der Waals surface area (Å²) in [7, 11) is 0. The van der Waals surface area contributed by atoms with Gasteiger partial charge in [-0.15, -0.1) is 0 Å². The van der Waals surface area contributed by atoms with E-state index in [2.05, 4.69) is 11.4 Å². The summed E-state index contributed by atoms with van der Waals surface area (Å²) in [4.78, 5) is 12.6. The van der Waals surface area contributed by atoms with Crippen LogP contribution >= 0.6 is 0 Å². The smallest absolute Gasteiger partial charge is 0.240 e. The second kappa shape index (κ2) is 5.94. The van der Waals surface area contributed by atoms with E-state index in [1.165, 1.54) is 25.7 Å². The first kappa shape index (κ1) is 14.4. The Morgan fingerprint density at radius 1 is 1.21 bits per heavy atom. The van der Waals surface area contributed by atoms with E-state index in [0.29, 0.717) is 30.7 Å². The van der Waals surface area contributed by atoms with Gasteiger partial charge in [-0.25, -0.2) is 0 Å². The number of carbonyl (C=O) groups is 1. The molecular formula is C16H26N2O. The fourth-order valence-electron chi connectivity index (χ4n) is 3.19. The third-order valence-corrected chi connectivity index (χ3v) is 4.56. The van der Waals surface area contributed by atoms with Gasteiger partial charge in [0.2, 0.25) is 5.91 Å². The number of nitrogens with zero attached hydrogens (tertiary/aromatic N) is 1. The molecular weight excluding hydrogens is 236 g/mol. The lowest BCUT2D eigenvalue weighted by molar-refractivity contribution is -0.130. The van der Waals surface area contributed by atoms with Crippen molar-refractivity contribution in [1.29, 1.82) is 5.26 Å². The molecule has 0 heterocycles. The monoisotopic (exact) mass is 262 g/mol. The van der Waals surface area contributed by atoms with Crippen LogP contribution in [0.2, 0.25) is 0 Å². The lowest BCUT2D eigenvalue weighted by Crippen LogP contribution is -2.46. The minimum absolute atomic E-state index is 0.00231. The first-order valence-electron chi connectivity index (χ1n) is 7.89. The second-order valence-electron chi connectivity index (χ2n) is 6.37. The molecule has 0 radical (unpaired) electrons. The molecule has 2 aliphatic rings. The van der Waals surface area contributed by atoms with Crippen molar-refractivity contribution in [2.45, 2.75) is 71.3 Å². The standard InChI is InChI=1S/C16H26N2O/c1-3-9-16(11-17,10-4-2)15(19)18-14(12-5-6-12)13-7-8-13/h12-14H,3-10H2,1-2H3,(H,18,19). The van der Waals surface area contributed by atoms with E-state index in [9.17, 15) is 10.1 Å². The van der Waals surface area contributed by atoms with E-state index in [-0.39, 0.29) is 5.91 Å². The van der Waals surface area contributed by atoms with Gasteiger partial charge in [0.15, 0.2) is 0 Å². The number of nitrogens with one attached hydrogen (secondary N) is 1. The van der Waals surface area contributed by atoms with E-state index in [1.54, 1.807) is 0 Å². The fraction of sp³-hybridized carbons (Fsp3) is 0.875. The third kappa shape index (κ3) is 3.29. The first-order chi connectivity index (χ1) is 9.16. The van der Waals surface area contributed by atoms with Crippen molar-refractivity contribution >= 4 is 5.91 Å². The lowest BCUT2D eigenvalue weighted by atomic mass is 9.79. The van der Waals surface area contributed by atoms with Crippen molar-refractivity contribution in [3.05, 3.63) is 0 Å². The summed E-state index contributed by atoms with van der Waals surface area (Å²) in [6.07, 6.45) is 8.16. The van der Waals surface area contributed by atoms with Gasteiger partial charge in [0.1, 0.15) is 5.41 Å². The Morgan fingerprint density at radius 2 is 1.68 bits per heavy atom. The molecule has 1 N–H and O–H groups in total. The first-order valence-corrected chi connectivity index (χ1v) is 7.89. The van der Waals surface area contributed by atoms with Gasteiger partial charge in [-0.3, -0.25) is 4.79 Å². The molecule has 2 fully saturated rings. The molecule has 106 valence electrons. The highest BCUT2D eigenvalue weighted by atomic mass is 16.2. The molecule has 2 saturated carbocycles. The highest BCUT2D eigenvalue weighted by Crippen LogP contribution is 2.45. The maximum Gasteiger partial charge on any atom is 0.240 e. The van der Waals surface area contributed by atoms with E-state index in [1.807, 2.05) is 13.8 Å². The van der Waals surface area contributed by atoms with Crippen LogP contribution in [-0.4, -0.2) is 11.9 Å². The summed E-state index contributed by atoms with van der Waals surface area (Å²) in [5.41, 5.74) is -0.786. The number of nitriles is 1. The summed E-state index contributed by atoms with van der Waals surface area (Å²) in [5, 5.41) is 12.8. The molecule has 0 spiro atoms. The average molecular weight is 262 g/mol. The van der Waals surface area contributed by atoms with Gasteiger partial charge < -0.3 is 5.32 Å². The molecule has 2 rings (SSSR count). The molecule has 19 heavy (non-hydrogen) atoms. The molecule has 1 amide bonds. The maximum absolute atomic E-state index is 12.6. The van der Waals surface area contributed by atoms with E-state index >= 15 is 0 Å². The summed E-state index contributed by atoms with van der Waals surface area (Å²) in [6, 6.07) is 2.68. The normalized spacial score (nSPS) is 19.3. The molecule has 3 heteroatoms. The van der Waals surface area contributed by atoms with Crippen LogP contribution in [0.4, 0.5) is 0 Å². The van der Waals surface area contributed by atoms with Gasteiger partial charge >= 0.3 is 0 Å². The molecule has 0 aliphatic heterocycles. The Hall–Kier alpha value is -1.04. The summed E-state index contributed by atoms with van der Waals surface area (Å²) in [5.74, 6) is 1.38. The largest absolute Gasteiger partial charge is 0.351 e. The minimum atomic E-state index is -0.786. The molecule has 0 aromatic carbocycles. The van der Waals surface area contributed by atoms with Gasteiger partial charge in [0.05, 0.1) is 6.07 Å². The number of amides is 1. The number of rotatable bonds is 8. The highest BCUT2D eigenvalue weighted by molar-refractivity contribution is 5.85. The van der Waals surface area contributed by atoms with E-state index in [0.717, 1.165) is 12.8 Å². The Kier molecular flexibility index (Phi) is 4.50. The van der Waals surface area contributed by atoms with Crippen molar-refractivity contribution in [3.63, 3.8) is 0 Å². The van der Waals surface area contributed by atoms with Gasteiger partial charge in [0.25, 0.3) is 0 Å². The van der Waals surface area contributed by atoms with Crippen molar-refractivity contribution in [2.24, 2.45) is 17.3 Å². The predicted octanol–water partition coefficient (Wildman–Crippen LogP) is 3.40. The lowest BCUT2D eigenvalue weighted by Gasteiger charge is -2.28. The van der Waals surface area contributed by atoms with Crippen LogP contribution in [0.5, 0.6) is 0 Å². The predicted molar refractivity (Wildman–Crippen MR) is 75.2 cm³/mol. The number of hydrogen-bond donors (Lipinski definition) is 1. The molecule has 0 atom stereocenters. The zero-order valence-electron chi connectivity index (χ0n) is 12.2. The number of hydrogen-bond acceptors (Lipinski definition) is 2. The maximum atomic E-state index is 12.6. The van der Waals surface area contributed by atoms with Crippen LogP contribution in [0.25, 0.3) is 0 Å². The quantitative estimate of drug-likeness (QED) is 0.729. The average Bonchev–Trinajstić information content (AvgIpc) is 3.28. The van der Waals surface area contributed by atoms with Crippen LogP contribution in [-0.2, 0) is 4.79 Å². The molecule has 0 bridgehead atoms.